The Morgan fingerprint density at radius 1 is 1.03 bits per heavy atom. The standard InChI is InChI=1S/C25H24BrN3O2/c1-25(2,3)24(30)31-20-12-8-7-11-19(20)22-23(27-15-17-9-5-4-6-10-17)29-16-18(26)13-14-21(29)28-22/h4-14,16,27H,15H2,1-3H3. The van der Waals surface area contributed by atoms with Gasteiger partial charge in [0.2, 0.25) is 0 Å². The van der Waals surface area contributed by atoms with E-state index in [1.807, 2.05) is 79.9 Å². The summed E-state index contributed by atoms with van der Waals surface area (Å²) in [7, 11) is 0. The van der Waals surface area contributed by atoms with Crippen molar-refractivity contribution < 1.29 is 9.53 Å². The molecular weight excluding hydrogens is 454 g/mol. The average Bonchev–Trinajstić information content (AvgIpc) is 3.10. The van der Waals surface area contributed by atoms with Crippen LogP contribution in [0.1, 0.15) is 26.3 Å². The normalized spacial score (nSPS) is 11.5. The minimum absolute atomic E-state index is 0.287. The van der Waals surface area contributed by atoms with Crippen LogP contribution in [0.15, 0.2) is 77.4 Å². The Morgan fingerprint density at radius 3 is 2.48 bits per heavy atom. The third-order valence-corrected chi connectivity index (χ3v) is 5.31. The van der Waals surface area contributed by atoms with Gasteiger partial charge in [-0.1, -0.05) is 42.5 Å². The first-order valence-electron chi connectivity index (χ1n) is 10.1. The molecule has 0 aliphatic rings. The minimum atomic E-state index is -0.606. The molecule has 2 heterocycles. The van der Waals surface area contributed by atoms with Crippen molar-refractivity contribution in [1.29, 1.82) is 0 Å². The Morgan fingerprint density at radius 2 is 1.74 bits per heavy atom. The summed E-state index contributed by atoms with van der Waals surface area (Å²) in [4.78, 5) is 17.4. The molecule has 2 aromatic heterocycles. The molecule has 158 valence electrons. The van der Waals surface area contributed by atoms with Gasteiger partial charge in [-0.15, -0.1) is 0 Å². The molecule has 31 heavy (non-hydrogen) atoms. The van der Waals surface area contributed by atoms with Gasteiger partial charge in [0.25, 0.3) is 0 Å². The smallest absolute Gasteiger partial charge is 0.316 e. The number of anilines is 1. The molecule has 0 radical (unpaired) electrons. The first-order chi connectivity index (χ1) is 14.8. The Balaban J connectivity index is 1.80. The number of para-hydroxylation sites is 1. The number of aromatic nitrogens is 2. The predicted octanol–water partition coefficient (Wildman–Crippen LogP) is 6.33. The number of imidazole rings is 1. The largest absolute Gasteiger partial charge is 0.425 e. The molecule has 5 nitrogen and oxygen atoms in total. The molecule has 0 saturated heterocycles. The number of nitrogens with zero attached hydrogens (tertiary/aromatic N) is 2. The molecule has 0 amide bonds. The molecule has 0 aliphatic heterocycles. The lowest BCUT2D eigenvalue weighted by atomic mass is 9.97. The number of rotatable bonds is 5. The van der Waals surface area contributed by atoms with E-state index in [-0.39, 0.29) is 5.97 Å². The zero-order valence-electron chi connectivity index (χ0n) is 17.7. The third kappa shape index (κ3) is 4.64. The number of carbonyl (C=O) groups excluding carboxylic acids is 1. The number of ether oxygens (including phenoxy) is 1. The van der Waals surface area contributed by atoms with E-state index in [2.05, 4.69) is 33.4 Å². The molecule has 2 aromatic carbocycles. The number of hydrogen-bond acceptors (Lipinski definition) is 4. The number of carbonyl (C=O) groups is 1. The molecule has 1 N–H and O–H groups in total. The van der Waals surface area contributed by atoms with E-state index in [1.54, 1.807) is 6.07 Å². The second kappa shape index (κ2) is 8.55. The molecule has 6 heteroatoms. The second-order valence-corrected chi connectivity index (χ2v) is 9.28. The van der Waals surface area contributed by atoms with Crippen LogP contribution in [-0.2, 0) is 11.3 Å². The number of pyridine rings is 1. The van der Waals surface area contributed by atoms with Crippen LogP contribution in [-0.4, -0.2) is 15.4 Å². The lowest BCUT2D eigenvalue weighted by molar-refractivity contribution is -0.142. The fraction of sp³-hybridized carbons (Fsp3) is 0.200. The topological polar surface area (TPSA) is 55.6 Å². The highest BCUT2D eigenvalue weighted by molar-refractivity contribution is 9.10. The average molecular weight is 478 g/mol. The van der Waals surface area contributed by atoms with Crippen molar-refractivity contribution >= 4 is 33.4 Å². The van der Waals surface area contributed by atoms with E-state index in [1.165, 1.54) is 0 Å². The summed E-state index contributed by atoms with van der Waals surface area (Å²) in [6, 6.07) is 21.6. The molecule has 4 rings (SSSR count). The van der Waals surface area contributed by atoms with Crippen molar-refractivity contribution in [3.8, 4) is 17.0 Å². The molecule has 0 fully saturated rings. The molecular formula is C25H24BrN3O2. The van der Waals surface area contributed by atoms with Gasteiger partial charge in [-0.25, -0.2) is 4.98 Å². The number of halogens is 1. The molecule has 4 aromatic rings. The first-order valence-corrected chi connectivity index (χ1v) is 10.9. The zero-order chi connectivity index (χ0) is 22.0. The number of fused-ring (bicyclic) bond motifs is 1. The summed E-state index contributed by atoms with van der Waals surface area (Å²) in [5.41, 5.74) is 2.84. The van der Waals surface area contributed by atoms with E-state index in [9.17, 15) is 4.79 Å². The maximum absolute atomic E-state index is 12.6. The van der Waals surface area contributed by atoms with Gasteiger partial charge in [0.15, 0.2) is 0 Å². The van der Waals surface area contributed by atoms with E-state index in [0.717, 1.165) is 32.8 Å². The second-order valence-electron chi connectivity index (χ2n) is 8.36. The lowest BCUT2D eigenvalue weighted by Gasteiger charge is -2.18. The molecule has 0 aliphatic carbocycles. The molecule has 0 spiro atoms. The lowest BCUT2D eigenvalue weighted by Crippen LogP contribution is -2.25. The van der Waals surface area contributed by atoms with Crippen molar-refractivity contribution in [1.82, 2.24) is 9.38 Å². The molecule has 0 saturated carbocycles. The van der Waals surface area contributed by atoms with Gasteiger partial charge in [0.05, 0.1) is 5.41 Å². The van der Waals surface area contributed by atoms with Crippen LogP contribution in [0.25, 0.3) is 16.9 Å². The van der Waals surface area contributed by atoms with Crippen LogP contribution in [0.2, 0.25) is 0 Å². The van der Waals surface area contributed by atoms with E-state index < -0.39 is 5.41 Å². The van der Waals surface area contributed by atoms with E-state index >= 15 is 0 Å². The van der Waals surface area contributed by atoms with Crippen molar-refractivity contribution in [2.45, 2.75) is 27.3 Å². The highest BCUT2D eigenvalue weighted by atomic mass is 79.9. The fourth-order valence-electron chi connectivity index (χ4n) is 3.16. The Labute approximate surface area is 190 Å². The summed E-state index contributed by atoms with van der Waals surface area (Å²) in [6.07, 6.45) is 1.98. The summed E-state index contributed by atoms with van der Waals surface area (Å²) in [5, 5.41) is 3.53. The summed E-state index contributed by atoms with van der Waals surface area (Å²) >= 11 is 3.55. The van der Waals surface area contributed by atoms with Crippen molar-refractivity contribution in [2.24, 2.45) is 5.41 Å². The van der Waals surface area contributed by atoms with Crippen LogP contribution >= 0.6 is 15.9 Å². The fourth-order valence-corrected chi connectivity index (χ4v) is 3.50. The van der Waals surface area contributed by atoms with Crippen LogP contribution in [0.4, 0.5) is 5.82 Å². The zero-order valence-corrected chi connectivity index (χ0v) is 19.3. The Bertz CT molecular complexity index is 1230. The maximum Gasteiger partial charge on any atom is 0.316 e. The van der Waals surface area contributed by atoms with Crippen LogP contribution in [0, 0.1) is 5.41 Å². The Kier molecular flexibility index (Phi) is 5.83. The van der Waals surface area contributed by atoms with Crippen molar-refractivity contribution in [3.05, 3.63) is 83.0 Å². The highest BCUT2D eigenvalue weighted by Crippen LogP contribution is 2.36. The van der Waals surface area contributed by atoms with E-state index in [0.29, 0.717) is 12.3 Å². The van der Waals surface area contributed by atoms with Gasteiger partial charge in [-0.2, -0.15) is 0 Å². The molecule has 0 atom stereocenters. The van der Waals surface area contributed by atoms with Crippen molar-refractivity contribution in [2.75, 3.05) is 5.32 Å². The van der Waals surface area contributed by atoms with Crippen LogP contribution in [0.5, 0.6) is 5.75 Å². The van der Waals surface area contributed by atoms with Gasteiger partial charge < -0.3 is 10.1 Å². The minimum Gasteiger partial charge on any atom is -0.425 e. The van der Waals surface area contributed by atoms with Gasteiger partial charge in [0.1, 0.15) is 22.9 Å². The predicted molar refractivity (Wildman–Crippen MR) is 127 cm³/mol. The first kappa shape index (κ1) is 21.1. The van der Waals surface area contributed by atoms with Gasteiger partial charge in [-0.3, -0.25) is 9.20 Å². The maximum atomic E-state index is 12.6. The summed E-state index contributed by atoms with van der Waals surface area (Å²) < 4.78 is 8.72. The molecule has 0 bridgehead atoms. The number of hydrogen-bond donors (Lipinski definition) is 1. The van der Waals surface area contributed by atoms with E-state index in [4.69, 9.17) is 9.72 Å². The number of esters is 1. The monoisotopic (exact) mass is 477 g/mol. The SMILES string of the molecule is CC(C)(C)C(=O)Oc1ccccc1-c1nc2ccc(Br)cn2c1NCc1ccccc1. The third-order valence-electron chi connectivity index (χ3n) is 4.84. The molecule has 0 unspecified atom stereocenters. The van der Waals surface area contributed by atoms with Crippen molar-refractivity contribution in [3.63, 3.8) is 0 Å². The van der Waals surface area contributed by atoms with Gasteiger partial charge in [-0.05, 0) is 66.5 Å². The summed E-state index contributed by atoms with van der Waals surface area (Å²) in [5.74, 6) is 1.04. The van der Waals surface area contributed by atoms with Gasteiger partial charge >= 0.3 is 5.97 Å². The van der Waals surface area contributed by atoms with Crippen LogP contribution in [0.3, 0.4) is 0 Å². The summed E-state index contributed by atoms with van der Waals surface area (Å²) in [6.45, 7) is 6.16. The van der Waals surface area contributed by atoms with Gasteiger partial charge in [0, 0.05) is 22.8 Å². The van der Waals surface area contributed by atoms with Crippen LogP contribution < -0.4 is 10.1 Å². The Hall–Kier alpha value is -3.12. The highest BCUT2D eigenvalue weighted by Gasteiger charge is 2.26. The quantitative estimate of drug-likeness (QED) is 0.269. The number of benzene rings is 2. The number of nitrogens with one attached hydrogen (secondary N) is 1.